The highest BCUT2D eigenvalue weighted by Gasteiger charge is 2.33. The molecule has 0 aromatic heterocycles. The van der Waals surface area contributed by atoms with Crippen LogP contribution in [0.3, 0.4) is 0 Å². The molecule has 0 aliphatic carbocycles. The summed E-state index contributed by atoms with van der Waals surface area (Å²) in [6, 6.07) is 2.61. The van der Waals surface area contributed by atoms with Crippen LogP contribution in [-0.4, -0.2) is 57.3 Å². The van der Waals surface area contributed by atoms with Gasteiger partial charge in [-0.1, -0.05) is 6.07 Å². The van der Waals surface area contributed by atoms with Gasteiger partial charge in [0.25, 0.3) is 10.1 Å². The highest BCUT2D eigenvalue weighted by Crippen LogP contribution is 2.24. The summed E-state index contributed by atoms with van der Waals surface area (Å²) in [5.41, 5.74) is -1.84. The number of hydrogen-bond donors (Lipinski definition) is 5. The van der Waals surface area contributed by atoms with E-state index in [0.29, 0.717) is 13.8 Å². The molecule has 1 aromatic rings. The molecular formula is C12H14O11S. The maximum absolute atomic E-state index is 11.8. The summed E-state index contributed by atoms with van der Waals surface area (Å²) >= 11 is 0. The van der Waals surface area contributed by atoms with Crippen LogP contribution in [-0.2, 0) is 19.6 Å². The Morgan fingerprint density at radius 3 is 1.50 bits per heavy atom. The Morgan fingerprint density at radius 2 is 1.25 bits per heavy atom. The van der Waals surface area contributed by atoms with E-state index in [0.717, 1.165) is 18.2 Å². The number of carbonyl (C=O) groups is 2. The van der Waals surface area contributed by atoms with E-state index in [1.807, 2.05) is 0 Å². The number of ether oxygens (including phenoxy) is 2. The van der Waals surface area contributed by atoms with Crippen molar-refractivity contribution in [3.63, 3.8) is 0 Å². The third-order valence-electron chi connectivity index (χ3n) is 2.28. The van der Waals surface area contributed by atoms with Crippen molar-refractivity contribution in [2.45, 2.75) is 30.7 Å². The summed E-state index contributed by atoms with van der Waals surface area (Å²) in [5, 5.41) is 36.1. The Bertz CT molecular complexity index is 706. The lowest BCUT2D eigenvalue weighted by atomic mass is 10.1. The topological polar surface area (TPSA) is 188 Å². The largest absolute Gasteiger partial charge is 0.405 e. The molecule has 0 bridgehead atoms. The lowest BCUT2D eigenvalue weighted by Crippen LogP contribution is -2.33. The molecule has 11 nitrogen and oxygen atoms in total. The van der Waals surface area contributed by atoms with E-state index in [1.54, 1.807) is 0 Å². The average molecular weight is 366 g/mol. The molecule has 0 aliphatic rings. The molecule has 0 heterocycles. The van der Waals surface area contributed by atoms with E-state index in [9.17, 15) is 22.6 Å². The zero-order valence-electron chi connectivity index (χ0n) is 12.3. The van der Waals surface area contributed by atoms with Gasteiger partial charge in [-0.25, -0.2) is 9.59 Å². The first kappa shape index (κ1) is 20.0. The lowest BCUT2D eigenvalue weighted by molar-refractivity contribution is -0.295. The normalized spacial score (nSPS) is 12.6. The Hall–Kier alpha value is -2.09. The molecule has 0 unspecified atom stereocenters. The van der Waals surface area contributed by atoms with Gasteiger partial charge in [0.15, 0.2) is 0 Å². The summed E-state index contributed by atoms with van der Waals surface area (Å²) in [6.45, 7) is 1.30. The minimum absolute atomic E-state index is 0.652. The number of rotatable bonds is 5. The molecule has 0 spiro atoms. The second kappa shape index (κ2) is 6.43. The minimum atomic E-state index is -5.19. The third kappa shape index (κ3) is 5.52. The Labute approximate surface area is 135 Å². The van der Waals surface area contributed by atoms with Gasteiger partial charge in [0.2, 0.25) is 0 Å². The fraction of sp³-hybridized carbons (Fsp3) is 0.333. The SMILES string of the molecule is CC(O)(O)OC(=O)c1cccc(C(=O)OC(C)(O)O)c1S(=O)(=O)O. The molecule has 24 heavy (non-hydrogen) atoms. The van der Waals surface area contributed by atoms with Crippen LogP contribution in [0.15, 0.2) is 23.1 Å². The summed E-state index contributed by atoms with van der Waals surface area (Å²) in [4.78, 5) is 22.4. The van der Waals surface area contributed by atoms with Crippen LogP contribution >= 0.6 is 0 Å². The number of aliphatic hydroxyl groups is 4. The summed E-state index contributed by atoms with van der Waals surface area (Å²) in [5.74, 6) is -9.11. The standard InChI is InChI=1S/C12H14O11S/c1-11(15,16)22-9(13)6-4-3-5-7(8(6)24(19,20)21)10(14)23-12(2,17)18/h3-5,15-18H,1-2H3,(H,19,20,21). The van der Waals surface area contributed by atoms with Crippen LogP contribution in [0.2, 0.25) is 0 Å². The van der Waals surface area contributed by atoms with E-state index in [2.05, 4.69) is 9.47 Å². The minimum Gasteiger partial charge on any atom is -0.405 e. The molecule has 134 valence electrons. The smallest absolute Gasteiger partial charge is 0.343 e. The van der Waals surface area contributed by atoms with Gasteiger partial charge < -0.3 is 29.9 Å². The number of carbonyl (C=O) groups excluding carboxylic acids is 2. The predicted octanol–water partition coefficient (Wildman–Crippen LogP) is -1.44. The van der Waals surface area contributed by atoms with Crippen molar-refractivity contribution in [3.8, 4) is 0 Å². The fourth-order valence-electron chi connectivity index (χ4n) is 1.60. The van der Waals surface area contributed by atoms with Crippen LogP contribution in [0, 0.1) is 0 Å². The Kier molecular flexibility index (Phi) is 5.34. The van der Waals surface area contributed by atoms with E-state index in [1.165, 1.54) is 0 Å². The van der Waals surface area contributed by atoms with E-state index >= 15 is 0 Å². The lowest BCUT2D eigenvalue weighted by Gasteiger charge is -2.19. The highest BCUT2D eigenvalue weighted by molar-refractivity contribution is 7.86. The summed E-state index contributed by atoms with van der Waals surface area (Å²) in [6.07, 6.45) is 0. The van der Waals surface area contributed by atoms with Gasteiger partial charge >= 0.3 is 23.9 Å². The monoisotopic (exact) mass is 366 g/mol. The van der Waals surface area contributed by atoms with Crippen LogP contribution in [0.5, 0.6) is 0 Å². The molecule has 0 fully saturated rings. The molecule has 0 radical (unpaired) electrons. The second-order valence-electron chi connectivity index (χ2n) is 4.80. The van der Waals surface area contributed by atoms with Crippen molar-refractivity contribution in [1.82, 2.24) is 0 Å². The van der Waals surface area contributed by atoms with Gasteiger partial charge in [-0.05, 0) is 12.1 Å². The van der Waals surface area contributed by atoms with Crippen molar-refractivity contribution in [3.05, 3.63) is 29.3 Å². The van der Waals surface area contributed by atoms with E-state index in [4.69, 9.17) is 20.4 Å². The van der Waals surface area contributed by atoms with Crippen molar-refractivity contribution >= 4 is 22.1 Å². The fourth-order valence-corrected chi connectivity index (χ4v) is 2.46. The average Bonchev–Trinajstić information content (AvgIpc) is 2.32. The van der Waals surface area contributed by atoms with Crippen LogP contribution in [0.4, 0.5) is 0 Å². The molecule has 5 N–H and O–H groups in total. The van der Waals surface area contributed by atoms with Gasteiger partial charge in [0.05, 0.1) is 11.1 Å². The van der Waals surface area contributed by atoms with Crippen molar-refractivity contribution in [2.75, 3.05) is 0 Å². The summed E-state index contributed by atoms with van der Waals surface area (Å²) < 4.78 is 40.5. The first-order valence-corrected chi connectivity index (χ1v) is 7.52. The van der Waals surface area contributed by atoms with Gasteiger partial charge in [0.1, 0.15) is 4.90 Å². The summed E-state index contributed by atoms with van der Waals surface area (Å²) in [7, 11) is -5.19. The molecular weight excluding hydrogens is 352 g/mol. The third-order valence-corrected chi connectivity index (χ3v) is 3.24. The maximum Gasteiger partial charge on any atom is 0.343 e. The number of benzene rings is 1. The van der Waals surface area contributed by atoms with E-state index < -0.39 is 50.0 Å². The van der Waals surface area contributed by atoms with Crippen LogP contribution in [0.1, 0.15) is 34.6 Å². The Balaban J connectivity index is 3.51. The second-order valence-corrected chi connectivity index (χ2v) is 6.16. The first-order chi connectivity index (χ1) is 10.6. The molecule has 1 aromatic carbocycles. The molecule has 1 rings (SSSR count). The molecule has 0 saturated carbocycles. The first-order valence-electron chi connectivity index (χ1n) is 6.08. The van der Waals surface area contributed by atoms with Gasteiger partial charge in [-0.2, -0.15) is 8.42 Å². The van der Waals surface area contributed by atoms with Crippen molar-refractivity contribution < 1.29 is 52.5 Å². The molecule has 0 amide bonds. The van der Waals surface area contributed by atoms with Crippen molar-refractivity contribution in [1.29, 1.82) is 0 Å². The number of esters is 2. The van der Waals surface area contributed by atoms with Crippen LogP contribution < -0.4 is 0 Å². The molecule has 12 heteroatoms. The quantitative estimate of drug-likeness (QED) is 0.233. The predicted molar refractivity (Wildman–Crippen MR) is 72.8 cm³/mol. The molecule has 0 saturated heterocycles. The molecule has 0 atom stereocenters. The van der Waals surface area contributed by atoms with Gasteiger partial charge in [-0.15, -0.1) is 0 Å². The zero-order valence-corrected chi connectivity index (χ0v) is 13.1. The van der Waals surface area contributed by atoms with E-state index in [-0.39, 0.29) is 0 Å². The van der Waals surface area contributed by atoms with Gasteiger partial charge in [-0.3, -0.25) is 4.55 Å². The van der Waals surface area contributed by atoms with Crippen molar-refractivity contribution in [2.24, 2.45) is 0 Å². The van der Waals surface area contributed by atoms with Gasteiger partial charge in [0, 0.05) is 13.8 Å². The highest BCUT2D eigenvalue weighted by atomic mass is 32.2. The molecule has 0 aliphatic heterocycles. The zero-order chi connectivity index (χ0) is 18.9. The maximum atomic E-state index is 11.8. The van der Waals surface area contributed by atoms with Crippen LogP contribution in [0.25, 0.3) is 0 Å². The Morgan fingerprint density at radius 1 is 0.917 bits per heavy atom. The number of hydrogen-bond acceptors (Lipinski definition) is 10.